The first-order chi connectivity index (χ1) is 9.78. The zero-order valence-corrected chi connectivity index (χ0v) is 11.7. The Bertz CT molecular complexity index is 608. The number of benzene rings is 1. The van der Waals surface area contributed by atoms with Gasteiger partial charge < -0.3 is 10.5 Å². The van der Waals surface area contributed by atoms with Crippen LogP contribution in [0, 0.1) is 0 Å². The minimum absolute atomic E-state index is 0.633. The molecule has 4 heteroatoms. The van der Waals surface area contributed by atoms with Crippen LogP contribution in [0.25, 0.3) is 11.4 Å². The average molecular weight is 269 g/mol. The summed E-state index contributed by atoms with van der Waals surface area (Å²) in [7, 11) is 0. The average Bonchev–Trinajstić information content (AvgIpc) is 2.94. The molecule has 0 bridgehead atoms. The number of anilines is 1. The maximum absolute atomic E-state index is 6.03. The van der Waals surface area contributed by atoms with Gasteiger partial charge in [-0.1, -0.05) is 6.92 Å². The molecular formula is C16H19N3O. The highest BCUT2D eigenvalue weighted by Crippen LogP contribution is 2.28. The fraction of sp³-hybridized carbons (Fsp3) is 0.375. The van der Waals surface area contributed by atoms with E-state index >= 15 is 0 Å². The Balaban J connectivity index is 1.87. The second-order valence-electron chi connectivity index (χ2n) is 5.08. The minimum Gasteiger partial charge on any atom is -0.494 e. The van der Waals surface area contributed by atoms with Crippen LogP contribution in [0.2, 0.25) is 0 Å². The lowest BCUT2D eigenvalue weighted by atomic mass is 10.2. The van der Waals surface area contributed by atoms with Gasteiger partial charge in [-0.3, -0.25) is 0 Å². The van der Waals surface area contributed by atoms with Crippen molar-refractivity contribution in [2.45, 2.75) is 32.6 Å². The van der Waals surface area contributed by atoms with Gasteiger partial charge in [0.2, 0.25) is 0 Å². The van der Waals surface area contributed by atoms with Crippen molar-refractivity contribution in [1.29, 1.82) is 0 Å². The molecule has 0 unspecified atom stereocenters. The summed E-state index contributed by atoms with van der Waals surface area (Å²) in [5.41, 5.74) is 9.26. The highest BCUT2D eigenvalue weighted by Gasteiger charge is 2.18. The maximum Gasteiger partial charge on any atom is 0.161 e. The molecule has 0 radical (unpaired) electrons. The van der Waals surface area contributed by atoms with Crippen LogP contribution >= 0.6 is 0 Å². The Labute approximate surface area is 119 Å². The van der Waals surface area contributed by atoms with E-state index in [-0.39, 0.29) is 0 Å². The molecule has 0 atom stereocenters. The van der Waals surface area contributed by atoms with Crippen molar-refractivity contribution < 1.29 is 4.74 Å². The van der Waals surface area contributed by atoms with Crippen molar-refractivity contribution in [3.8, 4) is 17.1 Å². The van der Waals surface area contributed by atoms with E-state index in [9.17, 15) is 0 Å². The summed E-state index contributed by atoms with van der Waals surface area (Å²) in [5.74, 6) is 2.23. The van der Waals surface area contributed by atoms with Crippen LogP contribution in [0.3, 0.4) is 0 Å². The number of ether oxygens (including phenoxy) is 1. The van der Waals surface area contributed by atoms with Crippen molar-refractivity contribution in [2.75, 3.05) is 12.3 Å². The Morgan fingerprint density at radius 1 is 1.15 bits per heavy atom. The first-order valence-corrected chi connectivity index (χ1v) is 7.16. The van der Waals surface area contributed by atoms with Gasteiger partial charge in [-0.25, -0.2) is 9.97 Å². The number of hydrogen-bond donors (Lipinski definition) is 1. The van der Waals surface area contributed by atoms with E-state index in [4.69, 9.17) is 10.5 Å². The van der Waals surface area contributed by atoms with Crippen molar-refractivity contribution in [2.24, 2.45) is 0 Å². The normalized spacial score (nSPS) is 13.2. The van der Waals surface area contributed by atoms with Crippen LogP contribution in [0.4, 0.5) is 5.82 Å². The van der Waals surface area contributed by atoms with Crippen molar-refractivity contribution >= 4 is 5.82 Å². The first kappa shape index (κ1) is 12.9. The van der Waals surface area contributed by atoms with Gasteiger partial charge in [0.15, 0.2) is 5.82 Å². The molecule has 3 rings (SSSR count). The highest BCUT2D eigenvalue weighted by atomic mass is 16.5. The summed E-state index contributed by atoms with van der Waals surface area (Å²) < 4.78 is 5.58. The van der Waals surface area contributed by atoms with Gasteiger partial charge in [-0.15, -0.1) is 0 Å². The molecule has 1 aliphatic rings. The van der Waals surface area contributed by atoms with Gasteiger partial charge in [0.05, 0.1) is 6.61 Å². The largest absolute Gasteiger partial charge is 0.494 e. The molecule has 1 aromatic heterocycles. The minimum atomic E-state index is 0.633. The van der Waals surface area contributed by atoms with Crippen LogP contribution in [0.1, 0.15) is 31.0 Å². The topological polar surface area (TPSA) is 61.0 Å². The number of nitrogens with zero attached hydrogens (tertiary/aromatic N) is 2. The Kier molecular flexibility index (Phi) is 3.54. The third-order valence-electron chi connectivity index (χ3n) is 3.55. The van der Waals surface area contributed by atoms with Gasteiger partial charge in [0.1, 0.15) is 11.6 Å². The summed E-state index contributed by atoms with van der Waals surface area (Å²) in [6.45, 7) is 2.83. The predicted octanol–water partition coefficient (Wildman–Crippen LogP) is 3.00. The van der Waals surface area contributed by atoms with Crippen molar-refractivity contribution in [3.63, 3.8) is 0 Å². The Hall–Kier alpha value is -2.10. The number of rotatable bonds is 4. The summed E-state index contributed by atoms with van der Waals surface area (Å²) in [4.78, 5) is 9.08. The molecular weight excluding hydrogens is 250 g/mol. The number of nitrogen functional groups attached to an aromatic ring is 1. The highest BCUT2D eigenvalue weighted by molar-refractivity contribution is 5.60. The van der Waals surface area contributed by atoms with E-state index in [1.807, 2.05) is 24.3 Å². The van der Waals surface area contributed by atoms with Crippen molar-refractivity contribution in [3.05, 3.63) is 35.5 Å². The van der Waals surface area contributed by atoms with Gasteiger partial charge in [0.25, 0.3) is 0 Å². The number of fused-ring (bicyclic) bond motifs is 1. The molecule has 0 amide bonds. The summed E-state index contributed by atoms with van der Waals surface area (Å²) in [5, 5.41) is 0. The number of aromatic nitrogens is 2. The first-order valence-electron chi connectivity index (χ1n) is 7.16. The molecule has 1 heterocycles. The molecule has 1 aromatic carbocycles. The lowest BCUT2D eigenvalue weighted by molar-refractivity contribution is 0.317. The Morgan fingerprint density at radius 2 is 1.95 bits per heavy atom. The zero-order chi connectivity index (χ0) is 13.9. The van der Waals surface area contributed by atoms with E-state index < -0.39 is 0 Å². The second kappa shape index (κ2) is 5.49. The predicted molar refractivity (Wildman–Crippen MR) is 79.7 cm³/mol. The van der Waals surface area contributed by atoms with E-state index in [0.29, 0.717) is 11.6 Å². The van der Waals surface area contributed by atoms with E-state index in [1.165, 1.54) is 0 Å². The summed E-state index contributed by atoms with van der Waals surface area (Å²) in [6, 6.07) is 7.89. The molecule has 104 valence electrons. The van der Waals surface area contributed by atoms with E-state index in [1.54, 1.807) is 0 Å². The van der Waals surface area contributed by atoms with E-state index in [2.05, 4.69) is 16.9 Å². The number of hydrogen-bond acceptors (Lipinski definition) is 4. The molecule has 20 heavy (non-hydrogen) atoms. The van der Waals surface area contributed by atoms with E-state index in [0.717, 1.165) is 54.9 Å². The third kappa shape index (κ3) is 2.46. The smallest absolute Gasteiger partial charge is 0.161 e. The van der Waals surface area contributed by atoms with Gasteiger partial charge >= 0.3 is 0 Å². The molecule has 0 spiro atoms. The lowest BCUT2D eigenvalue weighted by Crippen LogP contribution is -2.02. The number of nitrogens with two attached hydrogens (primary N) is 1. The standard InChI is InChI=1S/C16H19N3O/c1-2-10-20-12-8-6-11(7-9-12)16-18-14-5-3-4-13(14)15(17)19-16/h6-9H,2-5,10H2,1H3,(H2,17,18,19). The summed E-state index contributed by atoms with van der Waals surface area (Å²) in [6.07, 6.45) is 4.14. The SMILES string of the molecule is CCCOc1ccc(-c2nc(N)c3c(n2)CCC3)cc1. The van der Waals surface area contributed by atoms with Crippen LogP contribution in [0.15, 0.2) is 24.3 Å². The third-order valence-corrected chi connectivity index (χ3v) is 3.55. The Morgan fingerprint density at radius 3 is 2.70 bits per heavy atom. The van der Waals surface area contributed by atoms with Crippen LogP contribution < -0.4 is 10.5 Å². The second-order valence-corrected chi connectivity index (χ2v) is 5.08. The quantitative estimate of drug-likeness (QED) is 0.926. The fourth-order valence-electron chi connectivity index (χ4n) is 2.51. The summed E-state index contributed by atoms with van der Waals surface area (Å²) >= 11 is 0. The fourth-order valence-corrected chi connectivity index (χ4v) is 2.51. The van der Waals surface area contributed by atoms with Gasteiger partial charge in [0, 0.05) is 16.8 Å². The molecule has 1 aliphatic carbocycles. The number of aryl methyl sites for hydroxylation is 1. The molecule has 4 nitrogen and oxygen atoms in total. The van der Waals surface area contributed by atoms with Crippen LogP contribution in [0.5, 0.6) is 5.75 Å². The van der Waals surface area contributed by atoms with Gasteiger partial charge in [-0.05, 0) is 49.9 Å². The molecule has 0 aliphatic heterocycles. The molecule has 0 fully saturated rings. The zero-order valence-electron chi connectivity index (χ0n) is 11.7. The van der Waals surface area contributed by atoms with Crippen LogP contribution in [-0.4, -0.2) is 16.6 Å². The molecule has 2 N–H and O–H groups in total. The lowest BCUT2D eigenvalue weighted by Gasteiger charge is -2.08. The maximum atomic E-state index is 6.03. The molecule has 0 saturated carbocycles. The molecule has 0 saturated heterocycles. The van der Waals surface area contributed by atoms with Crippen molar-refractivity contribution in [1.82, 2.24) is 9.97 Å². The van der Waals surface area contributed by atoms with Gasteiger partial charge in [-0.2, -0.15) is 0 Å². The molecule has 2 aromatic rings. The van der Waals surface area contributed by atoms with Crippen LogP contribution in [-0.2, 0) is 12.8 Å². The monoisotopic (exact) mass is 269 g/mol.